The minimum absolute atomic E-state index is 0.00267. The molecule has 0 saturated heterocycles. The molecule has 1 aliphatic heterocycles. The first-order valence-electron chi connectivity index (χ1n) is 15.8. The maximum absolute atomic E-state index is 16.0. The van der Waals surface area contributed by atoms with Crippen molar-refractivity contribution in [2.45, 2.75) is 50.2 Å². The molecule has 12 heteroatoms. The number of hydrogen-bond donors (Lipinski definition) is 4. The van der Waals surface area contributed by atoms with E-state index in [1.807, 2.05) is 37.3 Å². The maximum atomic E-state index is 16.0. The van der Waals surface area contributed by atoms with Gasteiger partial charge in [-0.15, -0.1) is 0 Å². The van der Waals surface area contributed by atoms with Crippen molar-refractivity contribution in [3.05, 3.63) is 81.9 Å². The van der Waals surface area contributed by atoms with Gasteiger partial charge in [-0.1, -0.05) is 48.9 Å². The van der Waals surface area contributed by atoms with Gasteiger partial charge in [0.1, 0.15) is 11.6 Å². The molecule has 2 atom stereocenters. The van der Waals surface area contributed by atoms with Gasteiger partial charge < -0.3 is 36.3 Å². The van der Waals surface area contributed by atoms with E-state index in [4.69, 9.17) is 37.3 Å². The fourth-order valence-electron chi connectivity index (χ4n) is 6.81. The van der Waals surface area contributed by atoms with E-state index in [9.17, 15) is 9.59 Å². The van der Waals surface area contributed by atoms with E-state index < -0.39 is 29.1 Å². The molecule has 1 heterocycles. The van der Waals surface area contributed by atoms with Gasteiger partial charge in [-0.2, -0.15) is 0 Å². The molecule has 1 fully saturated rings. The Morgan fingerprint density at radius 3 is 2.45 bits per heavy atom. The highest BCUT2D eigenvalue weighted by Crippen LogP contribution is 2.56. The number of rotatable bonds is 13. The molecule has 0 spiro atoms. The van der Waals surface area contributed by atoms with Gasteiger partial charge in [0.15, 0.2) is 17.2 Å². The summed E-state index contributed by atoms with van der Waals surface area (Å²) in [5, 5.41) is 6.25. The average Bonchev–Trinajstić information content (AvgIpc) is 3.36. The third-order valence-electron chi connectivity index (χ3n) is 9.31. The molecule has 2 aliphatic rings. The molecule has 1 aliphatic carbocycles. The van der Waals surface area contributed by atoms with Crippen LogP contribution in [0.4, 0.5) is 8.78 Å². The van der Waals surface area contributed by atoms with E-state index in [0.29, 0.717) is 38.4 Å². The van der Waals surface area contributed by atoms with Crippen LogP contribution in [0.3, 0.4) is 0 Å². The number of nitrogens with one attached hydrogen (secondary N) is 2. The maximum Gasteiger partial charge on any atom is 0.249 e. The molecule has 3 aromatic carbocycles. The highest BCUT2D eigenvalue weighted by atomic mass is 35.5. The number of fused-ring (bicyclic) bond motifs is 1. The zero-order valence-electron chi connectivity index (χ0n) is 26.5. The molecule has 0 unspecified atom stereocenters. The quantitative estimate of drug-likeness (QED) is 0.187. The predicted molar refractivity (Wildman–Crippen MR) is 176 cm³/mol. The number of benzene rings is 3. The van der Waals surface area contributed by atoms with Crippen LogP contribution in [-0.2, 0) is 15.1 Å². The third-order valence-corrected chi connectivity index (χ3v) is 9.68. The smallest absolute Gasteiger partial charge is 0.249 e. The molecule has 1 saturated carbocycles. The summed E-state index contributed by atoms with van der Waals surface area (Å²) in [6.45, 7) is 4.01. The van der Waals surface area contributed by atoms with Gasteiger partial charge in [0, 0.05) is 60.3 Å². The molecule has 252 valence electrons. The Morgan fingerprint density at radius 1 is 1.06 bits per heavy atom. The fourth-order valence-corrected chi connectivity index (χ4v) is 7.06. The fraction of sp³-hybridized carbons (Fsp3) is 0.429. The second kappa shape index (κ2) is 15.0. The minimum Gasteiger partial charge on any atom is -0.494 e. The summed E-state index contributed by atoms with van der Waals surface area (Å²) in [5.41, 5.74) is 10.9. The van der Waals surface area contributed by atoms with Crippen LogP contribution in [0.1, 0.15) is 60.0 Å². The van der Waals surface area contributed by atoms with Crippen molar-refractivity contribution in [3.63, 3.8) is 0 Å². The first-order chi connectivity index (χ1) is 22.6. The summed E-state index contributed by atoms with van der Waals surface area (Å²) in [7, 11) is 1.29. The number of ether oxygens (including phenoxy) is 3. The zero-order chi connectivity index (χ0) is 33.7. The summed E-state index contributed by atoms with van der Waals surface area (Å²) >= 11 is 6.60. The molecule has 3 aromatic rings. The summed E-state index contributed by atoms with van der Waals surface area (Å²) < 4.78 is 48.7. The monoisotopic (exact) mass is 670 g/mol. The van der Waals surface area contributed by atoms with E-state index in [-0.39, 0.29) is 51.1 Å². The average molecular weight is 671 g/mol. The largest absolute Gasteiger partial charge is 0.494 e. The number of methoxy groups -OCH3 is 1. The van der Waals surface area contributed by atoms with Gasteiger partial charge in [-0.05, 0) is 43.4 Å². The molecule has 0 aromatic heterocycles. The van der Waals surface area contributed by atoms with Gasteiger partial charge in [-0.25, -0.2) is 8.78 Å². The third kappa shape index (κ3) is 6.94. The Kier molecular flexibility index (Phi) is 11.0. The van der Waals surface area contributed by atoms with Crippen LogP contribution >= 0.6 is 11.6 Å². The lowest BCUT2D eigenvalue weighted by Gasteiger charge is -2.37. The molecule has 6 N–H and O–H groups in total. The summed E-state index contributed by atoms with van der Waals surface area (Å²) in [6.07, 6.45) is 2.99. The van der Waals surface area contributed by atoms with Crippen molar-refractivity contribution in [1.29, 1.82) is 0 Å². The summed E-state index contributed by atoms with van der Waals surface area (Å²) in [5.74, 6) is -3.12. The van der Waals surface area contributed by atoms with Crippen molar-refractivity contribution in [2.75, 3.05) is 40.0 Å². The normalized spacial score (nSPS) is 22.0. The Balaban J connectivity index is 1.43. The lowest BCUT2D eigenvalue weighted by atomic mass is 9.77. The van der Waals surface area contributed by atoms with E-state index >= 15 is 8.78 Å². The van der Waals surface area contributed by atoms with Crippen LogP contribution in [0, 0.1) is 17.6 Å². The molecule has 5 rings (SSSR count). The van der Waals surface area contributed by atoms with Crippen LogP contribution < -0.4 is 31.6 Å². The number of primary amides is 1. The van der Waals surface area contributed by atoms with Gasteiger partial charge >= 0.3 is 0 Å². The highest BCUT2D eigenvalue weighted by molar-refractivity contribution is 6.34. The second-order valence-electron chi connectivity index (χ2n) is 12.0. The molecular weight excluding hydrogens is 630 g/mol. The van der Waals surface area contributed by atoms with E-state index in [2.05, 4.69) is 10.6 Å². The lowest BCUT2D eigenvalue weighted by Crippen LogP contribution is -2.48. The first-order valence-corrected chi connectivity index (χ1v) is 16.2. The molecule has 47 heavy (non-hydrogen) atoms. The lowest BCUT2D eigenvalue weighted by molar-refractivity contribution is -0.126. The van der Waals surface area contributed by atoms with E-state index in [1.165, 1.54) is 25.3 Å². The SMILES string of the molecule is COc1ccc(C(N)=O)c(-c2c(Cl)c(F)cc3c2[C@H](C)[C@@](CNC2CCC(C(=O)NCCOCCN)CC2)(c2ccccc2)O3)c1F. The molecule has 2 amide bonds. The van der Waals surface area contributed by atoms with E-state index in [0.717, 1.165) is 31.2 Å². The number of carbonyl (C=O) groups excluding carboxylic acids is 2. The topological polar surface area (TPSA) is 138 Å². The number of hydrogen-bond acceptors (Lipinski definition) is 7. The molecule has 9 nitrogen and oxygen atoms in total. The number of carbonyl (C=O) groups is 2. The summed E-state index contributed by atoms with van der Waals surface area (Å²) in [6, 6.07) is 13.5. The minimum atomic E-state index is -1.05. The van der Waals surface area contributed by atoms with Crippen molar-refractivity contribution in [3.8, 4) is 22.6 Å². The highest BCUT2D eigenvalue weighted by Gasteiger charge is 2.50. The van der Waals surface area contributed by atoms with Crippen LogP contribution in [0.25, 0.3) is 11.1 Å². The Bertz CT molecular complexity index is 1600. The van der Waals surface area contributed by atoms with Crippen molar-refractivity contribution in [1.82, 2.24) is 10.6 Å². The van der Waals surface area contributed by atoms with Gasteiger partial charge in [0.05, 0.1) is 30.9 Å². The Labute approximate surface area is 278 Å². The van der Waals surface area contributed by atoms with Gasteiger partial charge in [-0.3, -0.25) is 9.59 Å². The predicted octanol–water partition coefficient (Wildman–Crippen LogP) is 5.02. The molecule has 0 bridgehead atoms. The number of nitrogens with two attached hydrogens (primary N) is 2. The number of halogens is 3. The number of amides is 2. The second-order valence-corrected chi connectivity index (χ2v) is 12.4. The van der Waals surface area contributed by atoms with Crippen LogP contribution in [-0.4, -0.2) is 57.8 Å². The Morgan fingerprint density at radius 2 is 1.79 bits per heavy atom. The summed E-state index contributed by atoms with van der Waals surface area (Å²) in [4.78, 5) is 25.2. The van der Waals surface area contributed by atoms with Gasteiger partial charge in [0.25, 0.3) is 0 Å². The molecule has 0 radical (unpaired) electrons. The van der Waals surface area contributed by atoms with Gasteiger partial charge in [0.2, 0.25) is 11.8 Å². The first kappa shape index (κ1) is 34.6. The Hall–Kier alpha value is -3.77. The van der Waals surface area contributed by atoms with Crippen LogP contribution in [0.15, 0.2) is 48.5 Å². The van der Waals surface area contributed by atoms with Crippen LogP contribution in [0.2, 0.25) is 5.02 Å². The molecular formula is C35H41ClF2N4O5. The van der Waals surface area contributed by atoms with Crippen molar-refractivity contribution < 1.29 is 32.6 Å². The van der Waals surface area contributed by atoms with Crippen LogP contribution in [0.5, 0.6) is 11.5 Å². The van der Waals surface area contributed by atoms with Crippen molar-refractivity contribution >= 4 is 23.4 Å². The standard InChI is InChI=1S/C35H41ClF2N4O5/c1-20-28-27(18-25(37)31(36)30(28)29-24(33(40)43)12-13-26(45-2)32(29)38)47-35(20,22-6-4-3-5-7-22)19-42-23-10-8-21(9-11-23)34(44)41-15-17-46-16-14-39/h3-7,12-13,18,20-21,23,42H,8-11,14-17,19,39H2,1-2H3,(H2,40,43)(H,41,44)/t20-,21?,23?,35-/m0/s1. The zero-order valence-corrected chi connectivity index (χ0v) is 27.3. The van der Waals surface area contributed by atoms with Crippen molar-refractivity contribution in [2.24, 2.45) is 17.4 Å². The van der Waals surface area contributed by atoms with E-state index in [1.54, 1.807) is 0 Å².